The quantitative estimate of drug-likeness (QED) is 0.126. The molecule has 0 fully saturated rings. The van der Waals surface area contributed by atoms with Gasteiger partial charge in [-0.05, 0) is 104 Å². The van der Waals surface area contributed by atoms with E-state index in [1.807, 2.05) is 0 Å². The number of hydrogen-bond acceptors (Lipinski definition) is 2. The molecule has 2 nitrogen and oxygen atoms in total. The van der Waals surface area contributed by atoms with Crippen molar-refractivity contribution in [2.75, 3.05) is 9.80 Å². The second-order valence-corrected chi connectivity index (χ2v) is 16.7. The third kappa shape index (κ3) is 5.65. The topological polar surface area (TPSA) is 6.48 Å². The first-order valence-corrected chi connectivity index (χ1v) is 19.1. The van der Waals surface area contributed by atoms with E-state index in [2.05, 4.69) is 221 Å². The van der Waals surface area contributed by atoms with Crippen LogP contribution >= 0.6 is 0 Å². The molecule has 0 aliphatic rings. The second kappa shape index (κ2) is 12.8. The molecule has 0 heterocycles. The van der Waals surface area contributed by atoms with Gasteiger partial charge in [-0.1, -0.05) is 151 Å². The number of nitrogens with zero attached hydrogens (tertiary/aromatic N) is 2. The zero-order chi connectivity index (χ0) is 37.2. The van der Waals surface area contributed by atoms with Crippen molar-refractivity contribution in [3.8, 4) is 0 Å². The Kier molecular flexibility index (Phi) is 7.97. The number of hydrogen-bond donors (Lipinski definition) is 0. The number of anilines is 6. The van der Waals surface area contributed by atoms with E-state index in [4.69, 9.17) is 0 Å². The molecule has 54 heavy (non-hydrogen) atoms. The highest BCUT2D eigenvalue weighted by Crippen LogP contribution is 2.50. The molecular formula is C52H46N2. The Bertz CT molecular complexity index is 2750. The van der Waals surface area contributed by atoms with Gasteiger partial charge in [0, 0.05) is 44.3 Å². The van der Waals surface area contributed by atoms with Crippen LogP contribution in [0.5, 0.6) is 0 Å². The van der Waals surface area contributed by atoms with Gasteiger partial charge in [-0.25, -0.2) is 0 Å². The highest BCUT2D eigenvalue weighted by atomic mass is 15.1. The van der Waals surface area contributed by atoms with Crippen LogP contribution < -0.4 is 9.80 Å². The van der Waals surface area contributed by atoms with Gasteiger partial charge in [0.2, 0.25) is 0 Å². The fraction of sp³-hybridized carbons (Fsp3) is 0.154. The van der Waals surface area contributed by atoms with E-state index in [1.165, 1.54) is 65.6 Å². The summed E-state index contributed by atoms with van der Waals surface area (Å²) in [4.78, 5) is 4.87. The maximum absolute atomic E-state index is 2.44. The molecule has 0 aliphatic carbocycles. The molecule has 0 N–H and O–H groups in total. The van der Waals surface area contributed by atoms with Crippen molar-refractivity contribution in [1.82, 2.24) is 0 Å². The molecule has 0 aliphatic heterocycles. The lowest BCUT2D eigenvalue weighted by molar-refractivity contribution is 0.590. The molecule has 0 bridgehead atoms. The Labute approximate surface area is 319 Å². The van der Waals surface area contributed by atoms with Gasteiger partial charge in [-0.3, -0.25) is 0 Å². The molecule has 9 aromatic rings. The van der Waals surface area contributed by atoms with Crippen molar-refractivity contribution < 1.29 is 0 Å². The Morgan fingerprint density at radius 1 is 0.296 bits per heavy atom. The van der Waals surface area contributed by atoms with Crippen molar-refractivity contribution in [3.63, 3.8) is 0 Å². The fourth-order valence-corrected chi connectivity index (χ4v) is 8.28. The van der Waals surface area contributed by atoms with Crippen LogP contribution in [-0.4, -0.2) is 0 Å². The molecule has 0 saturated heterocycles. The summed E-state index contributed by atoms with van der Waals surface area (Å²) in [7, 11) is 0. The minimum absolute atomic E-state index is 0.0687. The number of para-hydroxylation sites is 2. The van der Waals surface area contributed by atoms with Crippen molar-refractivity contribution in [1.29, 1.82) is 0 Å². The minimum Gasteiger partial charge on any atom is -0.310 e. The van der Waals surface area contributed by atoms with Crippen molar-refractivity contribution in [2.24, 2.45) is 0 Å². The third-order valence-corrected chi connectivity index (χ3v) is 11.1. The number of rotatable bonds is 6. The summed E-state index contributed by atoms with van der Waals surface area (Å²) in [5.74, 6) is 0. The van der Waals surface area contributed by atoms with Gasteiger partial charge in [0.15, 0.2) is 0 Å². The predicted octanol–water partition coefficient (Wildman–Crippen LogP) is 15.3. The molecule has 9 rings (SSSR count). The van der Waals surface area contributed by atoms with Gasteiger partial charge in [0.1, 0.15) is 0 Å². The average molecular weight is 699 g/mol. The largest absolute Gasteiger partial charge is 0.310 e. The van der Waals surface area contributed by atoms with Crippen LogP contribution in [0.4, 0.5) is 34.1 Å². The minimum atomic E-state index is 0.0687. The van der Waals surface area contributed by atoms with Crippen LogP contribution in [0, 0.1) is 0 Å². The lowest BCUT2D eigenvalue weighted by atomic mass is 9.86. The molecule has 9 aromatic carbocycles. The monoisotopic (exact) mass is 698 g/mol. The zero-order valence-corrected chi connectivity index (χ0v) is 32.1. The summed E-state index contributed by atoms with van der Waals surface area (Å²) < 4.78 is 0. The molecule has 0 amide bonds. The molecule has 264 valence electrons. The standard InChI is InChI=1S/C52H46N2/c1-51(2,3)36-23-27-40(28-24-36)53(38-15-9-7-10-16-38)46-34-32-44-42-19-13-14-20-43(42)50-47(33-22-35-21-31-45(46)49(44)48(35)50)54(39-17-11-8-12-18-39)41-29-25-37(26-30-41)52(4,5)6/h7-34H,1-6H3. The molecule has 2 heteroatoms. The van der Waals surface area contributed by atoms with E-state index in [9.17, 15) is 0 Å². The summed E-state index contributed by atoms with van der Waals surface area (Å²) >= 11 is 0. The van der Waals surface area contributed by atoms with Crippen molar-refractivity contribution in [2.45, 2.75) is 52.4 Å². The van der Waals surface area contributed by atoms with E-state index in [0.717, 1.165) is 22.7 Å². The van der Waals surface area contributed by atoms with Gasteiger partial charge in [-0.15, -0.1) is 0 Å². The lowest BCUT2D eigenvalue weighted by Gasteiger charge is -2.30. The Morgan fingerprint density at radius 3 is 1.24 bits per heavy atom. The molecular weight excluding hydrogens is 653 g/mol. The molecule has 0 atom stereocenters. The Balaban J connectivity index is 1.35. The summed E-state index contributed by atoms with van der Waals surface area (Å²) in [6, 6.07) is 62.8. The first-order valence-electron chi connectivity index (χ1n) is 19.1. The first-order chi connectivity index (χ1) is 26.1. The maximum Gasteiger partial charge on any atom is 0.0546 e. The third-order valence-electron chi connectivity index (χ3n) is 11.1. The maximum atomic E-state index is 2.44. The van der Waals surface area contributed by atoms with Gasteiger partial charge in [-0.2, -0.15) is 0 Å². The predicted molar refractivity (Wildman–Crippen MR) is 234 cm³/mol. The SMILES string of the molecule is CC(C)(C)c1ccc(N(c2ccccc2)c2ccc3c4ccccc4c4c(N(c5ccccc5)c5ccc(C(C)(C)C)cc5)ccc5ccc2c3c54)cc1. The van der Waals surface area contributed by atoms with E-state index in [1.54, 1.807) is 0 Å². The molecule has 0 unspecified atom stereocenters. The Morgan fingerprint density at radius 2 is 0.704 bits per heavy atom. The van der Waals surface area contributed by atoms with Gasteiger partial charge >= 0.3 is 0 Å². The van der Waals surface area contributed by atoms with E-state index in [-0.39, 0.29) is 10.8 Å². The smallest absolute Gasteiger partial charge is 0.0546 e. The van der Waals surface area contributed by atoms with E-state index in [0.29, 0.717) is 0 Å². The summed E-state index contributed by atoms with van der Waals surface area (Å²) in [6.45, 7) is 13.7. The summed E-state index contributed by atoms with van der Waals surface area (Å²) in [6.07, 6.45) is 0. The van der Waals surface area contributed by atoms with Crippen LogP contribution in [0.25, 0.3) is 43.1 Å². The lowest BCUT2D eigenvalue weighted by Crippen LogP contribution is -2.14. The highest BCUT2D eigenvalue weighted by Gasteiger charge is 2.25. The summed E-state index contributed by atoms with van der Waals surface area (Å²) in [5, 5.41) is 10.1. The van der Waals surface area contributed by atoms with Crippen LogP contribution in [0.3, 0.4) is 0 Å². The average Bonchev–Trinajstić information content (AvgIpc) is 3.18. The van der Waals surface area contributed by atoms with Crippen molar-refractivity contribution in [3.05, 3.63) is 181 Å². The van der Waals surface area contributed by atoms with Gasteiger partial charge < -0.3 is 9.80 Å². The fourth-order valence-electron chi connectivity index (χ4n) is 8.28. The van der Waals surface area contributed by atoms with Crippen LogP contribution in [-0.2, 0) is 10.8 Å². The van der Waals surface area contributed by atoms with Crippen LogP contribution in [0.1, 0.15) is 52.7 Å². The van der Waals surface area contributed by atoms with E-state index < -0.39 is 0 Å². The normalized spacial score (nSPS) is 12.3. The highest BCUT2D eigenvalue weighted by molar-refractivity contribution is 6.37. The first kappa shape index (κ1) is 33.7. The zero-order valence-electron chi connectivity index (χ0n) is 32.1. The van der Waals surface area contributed by atoms with Crippen LogP contribution in [0.2, 0.25) is 0 Å². The van der Waals surface area contributed by atoms with Gasteiger partial charge in [0.05, 0.1) is 11.4 Å². The molecule has 0 spiro atoms. The summed E-state index contributed by atoms with van der Waals surface area (Å²) in [5.41, 5.74) is 9.68. The number of benzene rings is 9. The molecule has 0 aromatic heterocycles. The van der Waals surface area contributed by atoms with Crippen LogP contribution in [0.15, 0.2) is 170 Å². The van der Waals surface area contributed by atoms with E-state index >= 15 is 0 Å². The van der Waals surface area contributed by atoms with Gasteiger partial charge in [0.25, 0.3) is 0 Å². The molecule has 0 radical (unpaired) electrons. The van der Waals surface area contributed by atoms with Crippen molar-refractivity contribution >= 4 is 77.2 Å². The number of fused-ring (bicyclic) bond motifs is 3. The molecule has 0 saturated carbocycles. The second-order valence-electron chi connectivity index (χ2n) is 16.7. The Hall–Kier alpha value is -6.12.